The molecule has 296 valence electrons. The summed E-state index contributed by atoms with van der Waals surface area (Å²) in [4.78, 5) is 44.3. The van der Waals surface area contributed by atoms with Crippen molar-refractivity contribution in [3.63, 3.8) is 0 Å². The van der Waals surface area contributed by atoms with Crippen LogP contribution < -0.4 is 10.5 Å². The molecular formula is C42H40F7N3O4. The second-order valence-electron chi connectivity index (χ2n) is 14.8. The average Bonchev–Trinajstić information content (AvgIpc) is 3.64. The predicted octanol–water partition coefficient (Wildman–Crippen LogP) is 10.0. The van der Waals surface area contributed by atoms with Gasteiger partial charge in [-0.3, -0.25) is 14.4 Å². The van der Waals surface area contributed by atoms with Gasteiger partial charge in [0.1, 0.15) is 11.6 Å². The van der Waals surface area contributed by atoms with Crippen molar-refractivity contribution >= 4 is 39.1 Å². The van der Waals surface area contributed by atoms with Gasteiger partial charge in [0.25, 0.3) is 0 Å². The zero-order chi connectivity index (χ0) is 39.9. The predicted molar refractivity (Wildman–Crippen MR) is 198 cm³/mol. The van der Waals surface area contributed by atoms with Crippen LogP contribution >= 0.6 is 0 Å². The maximum atomic E-state index is 14.5. The number of aromatic nitrogens is 2. The second-order valence-corrected chi connectivity index (χ2v) is 14.8. The molecule has 0 spiro atoms. The van der Waals surface area contributed by atoms with Crippen molar-refractivity contribution in [2.75, 3.05) is 11.5 Å². The summed E-state index contributed by atoms with van der Waals surface area (Å²) in [6.07, 6.45) is -8.23. The van der Waals surface area contributed by atoms with E-state index in [1.165, 1.54) is 35.2 Å². The van der Waals surface area contributed by atoms with Gasteiger partial charge in [-0.05, 0) is 98.9 Å². The Hall–Kier alpha value is -4.98. The summed E-state index contributed by atoms with van der Waals surface area (Å²) in [5.41, 5.74) is 2.58. The van der Waals surface area contributed by atoms with Crippen molar-refractivity contribution in [3.05, 3.63) is 99.1 Å². The molecule has 3 atom stereocenters. The number of alkyl halides is 6. The summed E-state index contributed by atoms with van der Waals surface area (Å²) in [6, 6.07) is 13.0. The standard InChI is InChI=1S/C42H40F7N3O4/c1-23-8-17-35(52(23)27-14-16-33-30(21-27)32(41(44,45)46)22-37(55)50-33)40(42(47,48)49)56-18-3-2-5-28(53)15-11-24-9-12-25(13-10-24)39-29-6-4-7-36(54)31-19-26(43)20-34(51-39)38(29)31/h9-10,12-14,16,19-23,35,40,51H,2-8,11,15,17-18H2,1H3,(H,50,55)/t23-,35?,40?/m0/s1. The number of Topliss-reactive ketones (excluding diaryl/α,β-unsaturated/α-hetero) is 2. The van der Waals surface area contributed by atoms with E-state index in [0.29, 0.717) is 55.7 Å². The molecule has 3 heterocycles. The Kier molecular flexibility index (Phi) is 10.9. The van der Waals surface area contributed by atoms with E-state index in [4.69, 9.17) is 4.74 Å². The minimum atomic E-state index is -4.85. The lowest BCUT2D eigenvalue weighted by atomic mass is 9.98. The van der Waals surface area contributed by atoms with Crippen molar-refractivity contribution < 1.29 is 45.1 Å². The van der Waals surface area contributed by atoms with Crippen LogP contribution in [0.1, 0.15) is 85.3 Å². The molecule has 0 amide bonds. The molecule has 7 rings (SSSR count). The van der Waals surface area contributed by atoms with Gasteiger partial charge in [0.15, 0.2) is 11.9 Å². The van der Waals surface area contributed by atoms with Gasteiger partial charge in [0, 0.05) is 76.7 Å². The normalized spacial score (nSPS) is 18.2. The van der Waals surface area contributed by atoms with E-state index in [1.807, 2.05) is 24.3 Å². The van der Waals surface area contributed by atoms with E-state index in [1.54, 1.807) is 6.92 Å². The van der Waals surface area contributed by atoms with Crippen molar-refractivity contribution in [2.45, 2.75) is 102 Å². The molecule has 1 fully saturated rings. The Morgan fingerprint density at radius 2 is 1.66 bits per heavy atom. The van der Waals surface area contributed by atoms with Crippen LogP contribution in [0.3, 0.4) is 0 Å². The summed E-state index contributed by atoms with van der Waals surface area (Å²) >= 11 is 0. The fourth-order valence-electron chi connectivity index (χ4n) is 8.34. The number of pyridine rings is 1. The summed E-state index contributed by atoms with van der Waals surface area (Å²) in [5, 5.41) is 0.445. The number of unbranched alkanes of at least 4 members (excludes halogenated alkanes) is 1. The first kappa shape index (κ1) is 39.3. The molecule has 1 aliphatic heterocycles. The van der Waals surface area contributed by atoms with Crippen LogP contribution in [0.2, 0.25) is 0 Å². The van der Waals surface area contributed by atoms with Gasteiger partial charge in [-0.2, -0.15) is 26.3 Å². The smallest absolute Gasteiger partial charge is 0.367 e. The van der Waals surface area contributed by atoms with Gasteiger partial charge in [0.05, 0.1) is 11.6 Å². The molecule has 1 saturated heterocycles. The summed E-state index contributed by atoms with van der Waals surface area (Å²) in [6.45, 7) is 1.45. The lowest BCUT2D eigenvalue weighted by molar-refractivity contribution is -0.226. The van der Waals surface area contributed by atoms with E-state index in [2.05, 4.69) is 9.97 Å². The van der Waals surface area contributed by atoms with Crippen molar-refractivity contribution in [1.29, 1.82) is 0 Å². The number of nitrogens with zero attached hydrogens (tertiary/aromatic N) is 1. The van der Waals surface area contributed by atoms with Crippen LogP contribution in [0.4, 0.5) is 36.4 Å². The van der Waals surface area contributed by atoms with Gasteiger partial charge in [-0.1, -0.05) is 24.3 Å². The Balaban J connectivity index is 0.935. The van der Waals surface area contributed by atoms with Crippen molar-refractivity contribution in [3.8, 4) is 11.3 Å². The Bertz CT molecular complexity index is 2330. The highest BCUT2D eigenvalue weighted by Crippen LogP contribution is 2.41. The van der Waals surface area contributed by atoms with Crippen LogP contribution in [-0.4, -0.2) is 52.5 Å². The van der Waals surface area contributed by atoms with Gasteiger partial charge in [-0.15, -0.1) is 0 Å². The minimum Gasteiger partial charge on any atom is -0.367 e. The third-order valence-corrected chi connectivity index (χ3v) is 11.0. The monoisotopic (exact) mass is 783 g/mol. The Labute approximate surface area is 317 Å². The molecule has 0 saturated carbocycles. The number of carbonyl (C=O) groups is 2. The molecule has 0 radical (unpaired) electrons. The fourth-order valence-corrected chi connectivity index (χ4v) is 8.34. The molecule has 2 aliphatic rings. The first-order chi connectivity index (χ1) is 26.6. The molecule has 2 unspecified atom stereocenters. The molecule has 1 aliphatic carbocycles. The number of ketones is 2. The number of anilines is 1. The molecular weight excluding hydrogens is 743 g/mol. The number of carbonyl (C=O) groups excluding carboxylic acids is 2. The number of H-pyrrole nitrogens is 2. The Morgan fingerprint density at radius 3 is 2.39 bits per heavy atom. The largest absolute Gasteiger partial charge is 0.417 e. The van der Waals surface area contributed by atoms with Gasteiger partial charge < -0.3 is 19.6 Å². The second kappa shape index (κ2) is 15.5. The Morgan fingerprint density at radius 1 is 0.893 bits per heavy atom. The number of aryl methyl sites for hydroxylation is 2. The minimum absolute atomic E-state index is 0.0383. The number of fused-ring (bicyclic) bond motifs is 1. The summed E-state index contributed by atoms with van der Waals surface area (Å²) < 4.78 is 104. The molecule has 3 aromatic carbocycles. The molecule has 14 heteroatoms. The van der Waals surface area contributed by atoms with Gasteiger partial charge in [0.2, 0.25) is 5.56 Å². The molecule has 5 aromatic rings. The number of benzene rings is 3. The third kappa shape index (κ3) is 8.12. The number of ether oxygens (including phenoxy) is 1. The molecule has 7 nitrogen and oxygen atoms in total. The van der Waals surface area contributed by atoms with Crippen LogP contribution in [0.25, 0.3) is 33.1 Å². The lowest BCUT2D eigenvalue weighted by Gasteiger charge is -2.36. The molecule has 0 bridgehead atoms. The van der Waals surface area contributed by atoms with E-state index in [-0.39, 0.29) is 60.4 Å². The van der Waals surface area contributed by atoms with Crippen LogP contribution in [0.5, 0.6) is 0 Å². The summed E-state index contributed by atoms with van der Waals surface area (Å²) in [5.74, 6) is -0.582. The van der Waals surface area contributed by atoms with E-state index >= 15 is 0 Å². The highest BCUT2D eigenvalue weighted by Gasteiger charge is 2.50. The SMILES string of the molecule is C[C@H]1CCC(C(OCCCCC(=O)CCc2ccc(-c3[nH]c4cc(F)cc5c4c3CCCC5=O)cc2)C(F)(F)F)N1c1ccc2[nH]c(=O)cc(C(F)(F)F)c2c1. The molecule has 2 N–H and O–H groups in total. The topological polar surface area (TPSA) is 95.3 Å². The zero-order valence-corrected chi connectivity index (χ0v) is 30.5. The van der Waals surface area contributed by atoms with E-state index < -0.39 is 47.5 Å². The maximum absolute atomic E-state index is 14.5. The van der Waals surface area contributed by atoms with Crippen molar-refractivity contribution in [2.24, 2.45) is 0 Å². The quantitative estimate of drug-likeness (QED) is 0.0971. The fraction of sp³-hybridized carbons (Fsp3) is 0.405. The number of rotatable bonds is 12. The van der Waals surface area contributed by atoms with E-state index in [0.717, 1.165) is 27.8 Å². The highest BCUT2D eigenvalue weighted by atomic mass is 19.4. The number of nitrogens with one attached hydrogen (secondary N) is 2. The molecule has 56 heavy (non-hydrogen) atoms. The third-order valence-electron chi connectivity index (χ3n) is 11.0. The first-order valence-electron chi connectivity index (χ1n) is 18.8. The molecule has 2 aromatic heterocycles. The van der Waals surface area contributed by atoms with Crippen molar-refractivity contribution in [1.82, 2.24) is 9.97 Å². The van der Waals surface area contributed by atoms with Gasteiger partial charge in [-0.25, -0.2) is 4.39 Å². The number of aromatic amines is 2. The van der Waals surface area contributed by atoms with Gasteiger partial charge >= 0.3 is 12.4 Å². The first-order valence-corrected chi connectivity index (χ1v) is 18.8. The number of halogens is 7. The summed E-state index contributed by atoms with van der Waals surface area (Å²) in [7, 11) is 0. The zero-order valence-electron chi connectivity index (χ0n) is 30.5. The average molecular weight is 784 g/mol. The maximum Gasteiger partial charge on any atom is 0.417 e. The van der Waals surface area contributed by atoms with Crippen LogP contribution in [-0.2, 0) is 28.5 Å². The highest BCUT2D eigenvalue weighted by molar-refractivity contribution is 6.11. The number of hydrogen-bond acceptors (Lipinski definition) is 5. The number of hydrogen-bond donors (Lipinski definition) is 2. The van der Waals surface area contributed by atoms with E-state index in [9.17, 15) is 45.1 Å². The van der Waals surface area contributed by atoms with Crippen LogP contribution in [0.15, 0.2) is 65.5 Å². The van der Waals surface area contributed by atoms with Crippen LogP contribution in [0, 0.1) is 5.82 Å². The lowest BCUT2D eigenvalue weighted by Crippen LogP contribution is -2.50.